The Labute approximate surface area is 145 Å². The van der Waals surface area contributed by atoms with E-state index in [-0.39, 0.29) is 17.2 Å². The highest BCUT2D eigenvalue weighted by Crippen LogP contribution is 2.24. The summed E-state index contributed by atoms with van der Waals surface area (Å²) in [6.45, 7) is 0. The van der Waals surface area contributed by atoms with Gasteiger partial charge < -0.3 is 10.4 Å². The summed E-state index contributed by atoms with van der Waals surface area (Å²) in [5.41, 5.74) is 0.675. The van der Waals surface area contributed by atoms with E-state index in [9.17, 15) is 14.7 Å². The lowest BCUT2D eigenvalue weighted by molar-refractivity contribution is 0.0698. The number of carboxylic acid groups (broad SMARTS) is 1. The van der Waals surface area contributed by atoms with Gasteiger partial charge in [-0.1, -0.05) is 47.8 Å². The zero-order chi connectivity index (χ0) is 15.6. The van der Waals surface area contributed by atoms with Crippen molar-refractivity contribution in [3.05, 3.63) is 60.9 Å². The first-order valence-corrected chi connectivity index (χ1v) is 8.05. The molecule has 0 heterocycles. The van der Waals surface area contributed by atoms with Crippen molar-refractivity contribution in [2.24, 2.45) is 0 Å². The van der Waals surface area contributed by atoms with E-state index in [1.165, 1.54) is 6.07 Å². The second-order valence-electron chi connectivity index (χ2n) is 4.11. The molecule has 0 aromatic heterocycles. The molecular formula is C14H8Br3NO3. The van der Waals surface area contributed by atoms with Crippen molar-refractivity contribution < 1.29 is 14.7 Å². The number of carbonyl (C=O) groups is 2. The van der Waals surface area contributed by atoms with Crippen molar-refractivity contribution in [1.29, 1.82) is 0 Å². The largest absolute Gasteiger partial charge is 0.478 e. The van der Waals surface area contributed by atoms with Crippen molar-refractivity contribution in [2.75, 3.05) is 5.32 Å². The predicted molar refractivity (Wildman–Crippen MR) is 90.9 cm³/mol. The zero-order valence-corrected chi connectivity index (χ0v) is 15.1. The highest BCUT2D eigenvalue weighted by Gasteiger charge is 2.14. The summed E-state index contributed by atoms with van der Waals surface area (Å²) in [5, 5.41) is 11.8. The number of anilines is 1. The van der Waals surface area contributed by atoms with Crippen LogP contribution in [-0.4, -0.2) is 17.0 Å². The quantitative estimate of drug-likeness (QED) is 0.659. The number of nitrogens with one attached hydrogen (secondary N) is 1. The first kappa shape index (κ1) is 16.2. The summed E-state index contributed by atoms with van der Waals surface area (Å²) >= 11 is 9.81. The fraction of sp³-hybridized carbons (Fsp3) is 0. The van der Waals surface area contributed by atoms with Gasteiger partial charge in [-0.05, 0) is 36.4 Å². The Bertz CT molecular complexity index is 711. The van der Waals surface area contributed by atoms with E-state index in [1.54, 1.807) is 30.3 Å². The minimum atomic E-state index is -1.11. The smallest absolute Gasteiger partial charge is 0.337 e. The number of rotatable bonds is 3. The normalized spacial score (nSPS) is 10.2. The van der Waals surface area contributed by atoms with Gasteiger partial charge in [0.2, 0.25) is 0 Å². The second-order valence-corrected chi connectivity index (χ2v) is 6.85. The summed E-state index contributed by atoms with van der Waals surface area (Å²) in [4.78, 5) is 23.4. The summed E-state index contributed by atoms with van der Waals surface area (Å²) in [6, 6.07) is 9.75. The van der Waals surface area contributed by atoms with Crippen LogP contribution >= 0.6 is 47.8 Å². The molecular weight excluding hydrogens is 470 g/mol. The molecule has 1 amide bonds. The van der Waals surface area contributed by atoms with E-state index in [2.05, 4.69) is 53.1 Å². The van der Waals surface area contributed by atoms with Crippen LogP contribution in [0.2, 0.25) is 0 Å². The van der Waals surface area contributed by atoms with Gasteiger partial charge in [0, 0.05) is 19.0 Å². The molecule has 0 radical (unpaired) electrons. The third-order valence-corrected chi connectivity index (χ3v) is 3.99. The SMILES string of the molecule is O=C(Nc1ccc(Br)cc1C(=O)O)c1cc(Br)cc(Br)c1. The summed E-state index contributed by atoms with van der Waals surface area (Å²) in [5.74, 6) is -1.50. The molecule has 0 fully saturated rings. The van der Waals surface area contributed by atoms with Crippen molar-refractivity contribution in [3.8, 4) is 0 Å². The fourth-order valence-electron chi connectivity index (χ4n) is 1.68. The molecule has 2 N–H and O–H groups in total. The number of halogens is 3. The van der Waals surface area contributed by atoms with Crippen LogP contribution in [0.1, 0.15) is 20.7 Å². The van der Waals surface area contributed by atoms with Crippen LogP contribution in [0.3, 0.4) is 0 Å². The standard InChI is InChI=1S/C14H8Br3NO3/c15-8-1-2-12(11(6-8)14(20)21)18-13(19)7-3-9(16)5-10(17)4-7/h1-6H,(H,18,19)(H,20,21). The van der Waals surface area contributed by atoms with E-state index in [1.807, 2.05) is 0 Å². The summed E-state index contributed by atoms with van der Waals surface area (Å²) < 4.78 is 2.12. The first-order valence-electron chi connectivity index (χ1n) is 5.67. The molecule has 4 nitrogen and oxygen atoms in total. The molecule has 2 aromatic rings. The number of amides is 1. The molecule has 0 atom stereocenters. The molecule has 2 rings (SSSR count). The van der Waals surface area contributed by atoms with Gasteiger partial charge in [-0.15, -0.1) is 0 Å². The van der Waals surface area contributed by atoms with Crippen molar-refractivity contribution in [3.63, 3.8) is 0 Å². The summed E-state index contributed by atoms with van der Waals surface area (Å²) in [6.07, 6.45) is 0. The first-order chi connectivity index (χ1) is 9.86. The molecule has 2 aromatic carbocycles. The van der Waals surface area contributed by atoms with E-state index < -0.39 is 5.97 Å². The third-order valence-electron chi connectivity index (χ3n) is 2.58. The van der Waals surface area contributed by atoms with E-state index in [4.69, 9.17) is 0 Å². The van der Waals surface area contributed by atoms with Crippen LogP contribution in [0.4, 0.5) is 5.69 Å². The van der Waals surface area contributed by atoms with Gasteiger partial charge >= 0.3 is 5.97 Å². The highest BCUT2D eigenvalue weighted by molar-refractivity contribution is 9.11. The molecule has 7 heteroatoms. The van der Waals surface area contributed by atoms with Gasteiger partial charge in [-0.25, -0.2) is 4.79 Å². The number of hydrogen-bond acceptors (Lipinski definition) is 2. The minimum absolute atomic E-state index is 0.0202. The molecule has 108 valence electrons. The summed E-state index contributed by atoms with van der Waals surface area (Å²) in [7, 11) is 0. The highest BCUT2D eigenvalue weighted by atomic mass is 79.9. The molecule has 0 aliphatic heterocycles. The fourth-order valence-corrected chi connectivity index (χ4v) is 3.34. The van der Waals surface area contributed by atoms with E-state index in [0.29, 0.717) is 10.0 Å². The van der Waals surface area contributed by atoms with E-state index >= 15 is 0 Å². The van der Waals surface area contributed by atoms with Gasteiger partial charge in [-0.2, -0.15) is 0 Å². The zero-order valence-electron chi connectivity index (χ0n) is 10.4. The van der Waals surface area contributed by atoms with Gasteiger partial charge in [-0.3, -0.25) is 4.79 Å². The third kappa shape index (κ3) is 4.15. The average Bonchev–Trinajstić information content (AvgIpc) is 2.39. The second kappa shape index (κ2) is 6.72. The Morgan fingerprint density at radius 1 is 0.905 bits per heavy atom. The molecule has 0 unspecified atom stereocenters. The van der Waals surface area contributed by atoms with Gasteiger partial charge in [0.15, 0.2) is 0 Å². The Morgan fingerprint density at radius 3 is 2.10 bits per heavy atom. The van der Waals surface area contributed by atoms with Crippen LogP contribution in [0.25, 0.3) is 0 Å². The van der Waals surface area contributed by atoms with Gasteiger partial charge in [0.25, 0.3) is 5.91 Å². The van der Waals surface area contributed by atoms with Crippen molar-refractivity contribution in [1.82, 2.24) is 0 Å². The monoisotopic (exact) mass is 475 g/mol. The maximum atomic E-state index is 12.2. The number of carbonyl (C=O) groups excluding carboxylic acids is 1. The van der Waals surface area contributed by atoms with Crippen molar-refractivity contribution >= 4 is 65.4 Å². The van der Waals surface area contributed by atoms with Crippen LogP contribution in [0, 0.1) is 0 Å². The van der Waals surface area contributed by atoms with Crippen LogP contribution in [0.5, 0.6) is 0 Å². The number of carboxylic acids is 1. The Hall–Kier alpha value is -1.18. The molecule has 0 aliphatic carbocycles. The van der Waals surface area contributed by atoms with Gasteiger partial charge in [0.05, 0.1) is 11.3 Å². The maximum absolute atomic E-state index is 12.2. The molecule has 0 spiro atoms. The molecule has 0 saturated carbocycles. The Kier molecular flexibility index (Phi) is 5.18. The lowest BCUT2D eigenvalue weighted by Crippen LogP contribution is -2.15. The number of hydrogen-bond donors (Lipinski definition) is 2. The molecule has 21 heavy (non-hydrogen) atoms. The Balaban J connectivity index is 2.33. The lowest BCUT2D eigenvalue weighted by atomic mass is 10.1. The minimum Gasteiger partial charge on any atom is -0.478 e. The Morgan fingerprint density at radius 2 is 1.52 bits per heavy atom. The van der Waals surface area contributed by atoms with Crippen LogP contribution in [-0.2, 0) is 0 Å². The number of benzene rings is 2. The van der Waals surface area contributed by atoms with E-state index in [0.717, 1.165) is 8.95 Å². The van der Waals surface area contributed by atoms with Gasteiger partial charge in [0.1, 0.15) is 0 Å². The maximum Gasteiger partial charge on any atom is 0.337 e. The average molecular weight is 478 g/mol. The number of aromatic carboxylic acids is 1. The predicted octanol–water partition coefficient (Wildman–Crippen LogP) is 4.92. The van der Waals surface area contributed by atoms with Crippen LogP contribution < -0.4 is 5.32 Å². The molecule has 0 aliphatic rings. The molecule has 0 saturated heterocycles. The topological polar surface area (TPSA) is 66.4 Å². The van der Waals surface area contributed by atoms with Crippen molar-refractivity contribution in [2.45, 2.75) is 0 Å². The lowest BCUT2D eigenvalue weighted by Gasteiger charge is -2.09. The molecule has 0 bridgehead atoms. The van der Waals surface area contributed by atoms with Crippen LogP contribution in [0.15, 0.2) is 49.8 Å².